The van der Waals surface area contributed by atoms with Crippen molar-refractivity contribution in [3.8, 4) is 0 Å². The van der Waals surface area contributed by atoms with Gasteiger partial charge in [-0.25, -0.2) is 8.42 Å². The Morgan fingerprint density at radius 1 is 1.00 bits per heavy atom. The van der Waals surface area contributed by atoms with E-state index in [0.717, 1.165) is 0 Å². The molecular formula is C26H29N5O3S+. The summed E-state index contributed by atoms with van der Waals surface area (Å²) in [7, 11) is -2.30. The molecule has 1 aliphatic heterocycles. The molecule has 0 fully saturated rings. The van der Waals surface area contributed by atoms with Crippen molar-refractivity contribution in [3.63, 3.8) is 0 Å². The third kappa shape index (κ3) is 4.93. The van der Waals surface area contributed by atoms with Crippen LogP contribution in [-0.4, -0.2) is 37.7 Å². The molecule has 0 spiro atoms. The zero-order valence-corrected chi connectivity index (χ0v) is 20.2. The van der Waals surface area contributed by atoms with E-state index in [0.29, 0.717) is 16.8 Å². The van der Waals surface area contributed by atoms with Gasteiger partial charge in [-0.1, -0.05) is 66.7 Å². The zero-order valence-electron chi connectivity index (χ0n) is 19.4. The van der Waals surface area contributed by atoms with Gasteiger partial charge in [-0.3, -0.25) is 4.79 Å². The summed E-state index contributed by atoms with van der Waals surface area (Å²) in [6.45, 7) is 1.87. The molecule has 3 aromatic carbocycles. The van der Waals surface area contributed by atoms with Gasteiger partial charge in [0.05, 0.1) is 11.4 Å². The Balaban J connectivity index is 1.67. The molecule has 0 saturated heterocycles. The molecule has 1 radical (unpaired) electrons. The number of carbonyl (C=O) groups excluding carboxylic acids is 1. The van der Waals surface area contributed by atoms with Gasteiger partial charge in [-0.15, -0.1) is 0 Å². The van der Waals surface area contributed by atoms with Gasteiger partial charge in [-0.2, -0.15) is 0 Å². The number of amides is 1. The van der Waals surface area contributed by atoms with Crippen molar-refractivity contribution in [1.82, 2.24) is 9.80 Å². The Morgan fingerprint density at radius 3 is 2.29 bits per heavy atom. The predicted molar refractivity (Wildman–Crippen MR) is 135 cm³/mol. The van der Waals surface area contributed by atoms with Crippen molar-refractivity contribution in [2.45, 2.75) is 15.8 Å². The first-order chi connectivity index (χ1) is 16.7. The number of nitrogens with zero attached hydrogens (tertiary/aromatic N) is 2. The molecule has 0 bridgehead atoms. The molecular weight excluding hydrogens is 462 g/mol. The Kier molecular flexibility index (Phi) is 6.93. The standard InChI is InChI=1S/C26H28N5O3S/c1-30-15-16-31(19-30)18-24(32)29-22-13-8-14-23(17-22)35(33,34)26(28,21-11-6-3-7-12-21)25(27)20-9-4-2-5-10-20/h2-17,19,25H,18,27-28H2,1H3,(H,29,32)/p+1/t25-,26-/m1/s1. The minimum absolute atomic E-state index is 0.00130. The van der Waals surface area contributed by atoms with Crippen molar-refractivity contribution in [3.05, 3.63) is 115 Å². The maximum absolute atomic E-state index is 14.1. The number of carbonyl (C=O) groups is 1. The second-order valence-corrected chi connectivity index (χ2v) is 10.6. The van der Waals surface area contributed by atoms with Gasteiger partial charge in [0, 0.05) is 30.7 Å². The van der Waals surface area contributed by atoms with Crippen LogP contribution in [0.2, 0.25) is 0 Å². The van der Waals surface area contributed by atoms with Crippen molar-refractivity contribution in [2.24, 2.45) is 5.73 Å². The van der Waals surface area contributed by atoms with Crippen molar-refractivity contribution in [2.75, 3.05) is 18.9 Å². The van der Waals surface area contributed by atoms with E-state index in [-0.39, 0.29) is 17.3 Å². The number of quaternary nitrogens is 1. The summed E-state index contributed by atoms with van der Waals surface area (Å²) in [5.41, 5.74) is 12.5. The smallest absolute Gasteiger partial charge is 0.243 e. The molecule has 35 heavy (non-hydrogen) atoms. The monoisotopic (exact) mass is 491 g/mol. The van der Waals surface area contributed by atoms with Gasteiger partial charge in [0.15, 0.2) is 0 Å². The van der Waals surface area contributed by atoms with Gasteiger partial charge in [0.2, 0.25) is 20.6 Å². The number of sulfone groups is 1. The van der Waals surface area contributed by atoms with E-state index in [4.69, 9.17) is 5.73 Å². The second kappa shape index (κ2) is 9.91. The summed E-state index contributed by atoms with van der Waals surface area (Å²) in [6.07, 6.45) is 3.61. The van der Waals surface area contributed by atoms with Crippen LogP contribution in [0.3, 0.4) is 0 Å². The highest BCUT2D eigenvalue weighted by Crippen LogP contribution is 2.39. The summed E-state index contributed by atoms with van der Waals surface area (Å²) >= 11 is 0. The van der Waals surface area contributed by atoms with E-state index in [2.05, 4.69) is 11.1 Å². The highest BCUT2D eigenvalue weighted by atomic mass is 32.2. The molecule has 1 amide bonds. The van der Waals surface area contributed by atoms with Gasteiger partial charge >= 0.3 is 0 Å². The van der Waals surface area contributed by atoms with Crippen molar-refractivity contribution < 1.29 is 18.9 Å². The van der Waals surface area contributed by atoms with Crippen LogP contribution in [0, 0.1) is 6.67 Å². The lowest BCUT2D eigenvalue weighted by atomic mass is 9.94. The Bertz CT molecular complexity index is 1320. The second-order valence-electron chi connectivity index (χ2n) is 8.45. The average molecular weight is 492 g/mol. The Labute approximate surface area is 205 Å². The van der Waals surface area contributed by atoms with Crippen LogP contribution in [0.4, 0.5) is 5.69 Å². The molecule has 4 rings (SSSR count). The third-order valence-corrected chi connectivity index (χ3v) is 8.25. The zero-order chi connectivity index (χ0) is 25.1. The van der Waals surface area contributed by atoms with E-state index in [1.165, 1.54) is 12.1 Å². The van der Waals surface area contributed by atoms with Gasteiger partial charge < -0.3 is 26.6 Å². The lowest BCUT2D eigenvalue weighted by molar-refractivity contribution is -0.437. The van der Waals surface area contributed by atoms with Crippen LogP contribution in [-0.2, 0) is 19.5 Å². The van der Waals surface area contributed by atoms with Crippen LogP contribution in [0.1, 0.15) is 17.2 Å². The molecule has 0 aliphatic carbocycles. The fourth-order valence-electron chi connectivity index (χ4n) is 4.07. The molecule has 0 aromatic heterocycles. The minimum atomic E-state index is -4.16. The highest BCUT2D eigenvalue weighted by Gasteiger charge is 2.51. The fraction of sp³-hybridized carbons (Fsp3) is 0.154. The maximum Gasteiger partial charge on any atom is 0.243 e. The first kappa shape index (κ1) is 24.5. The van der Waals surface area contributed by atoms with E-state index in [1.807, 2.05) is 48.5 Å². The fourth-order valence-corrected chi connectivity index (χ4v) is 5.96. The number of nitrogens with one attached hydrogen (secondary N) is 1. The highest BCUT2D eigenvalue weighted by molar-refractivity contribution is 7.92. The van der Waals surface area contributed by atoms with Crippen LogP contribution in [0.25, 0.3) is 0 Å². The molecule has 2 atom stereocenters. The molecule has 3 aromatic rings. The number of hydrogen-bond donors (Lipinski definition) is 3. The Morgan fingerprint density at radius 2 is 1.66 bits per heavy atom. The quantitative estimate of drug-likeness (QED) is 0.443. The molecule has 9 heteroatoms. The largest absolute Gasteiger partial charge is 0.356 e. The van der Waals surface area contributed by atoms with Crippen molar-refractivity contribution in [1.29, 1.82) is 0 Å². The predicted octanol–water partition coefficient (Wildman–Crippen LogP) is 2.03. The summed E-state index contributed by atoms with van der Waals surface area (Å²) in [5, 5.41) is 2.77. The number of anilines is 1. The number of nitrogens with two attached hydrogens (primary N) is 1. The maximum atomic E-state index is 14.1. The van der Waals surface area contributed by atoms with E-state index >= 15 is 0 Å². The number of benzene rings is 3. The molecule has 0 unspecified atom stereocenters. The molecule has 181 valence electrons. The summed E-state index contributed by atoms with van der Waals surface area (Å²) in [6, 6.07) is 23.2. The van der Waals surface area contributed by atoms with Crippen LogP contribution < -0.4 is 16.8 Å². The topological polar surface area (TPSA) is 123 Å². The molecule has 6 N–H and O–H groups in total. The van der Waals surface area contributed by atoms with Gasteiger partial charge in [0.1, 0.15) is 12.7 Å². The van der Waals surface area contributed by atoms with Crippen LogP contribution in [0.15, 0.2) is 102 Å². The first-order valence-corrected chi connectivity index (χ1v) is 12.6. The molecule has 1 heterocycles. The summed E-state index contributed by atoms with van der Waals surface area (Å²) in [4.78, 5) is 14.2. The number of rotatable bonds is 8. The third-order valence-electron chi connectivity index (χ3n) is 5.97. The molecule has 8 nitrogen and oxygen atoms in total. The molecule has 0 saturated carbocycles. The average Bonchev–Trinajstić information content (AvgIpc) is 3.28. The van der Waals surface area contributed by atoms with Crippen LogP contribution in [0.5, 0.6) is 0 Å². The van der Waals surface area contributed by atoms with Crippen LogP contribution >= 0.6 is 0 Å². The molecule has 1 aliphatic rings. The SMILES string of the molecule is CN1[CH]N(CC(=O)Nc2cccc(S(=O)(=O)[C@](N)(c3ccccc3)[C@H]([NH3+])c3ccccc3)c2)C=C1. The normalized spacial score (nSPS) is 16.1. The Hall–Kier alpha value is -3.66. The lowest BCUT2D eigenvalue weighted by Crippen LogP contribution is -2.68. The van der Waals surface area contributed by atoms with Crippen molar-refractivity contribution >= 4 is 21.4 Å². The van der Waals surface area contributed by atoms with E-state index < -0.39 is 20.8 Å². The first-order valence-electron chi connectivity index (χ1n) is 11.1. The van der Waals surface area contributed by atoms with E-state index in [1.54, 1.807) is 60.2 Å². The summed E-state index contributed by atoms with van der Waals surface area (Å²) in [5.74, 6) is -0.280. The van der Waals surface area contributed by atoms with Gasteiger partial charge in [0.25, 0.3) is 0 Å². The van der Waals surface area contributed by atoms with E-state index in [9.17, 15) is 13.2 Å². The van der Waals surface area contributed by atoms with Gasteiger partial charge in [-0.05, 0) is 23.8 Å². The summed E-state index contributed by atoms with van der Waals surface area (Å²) < 4.78 is 28.2. The lowest BCUT2D eigenvalue weighted by Gasteiger charge is -2.33. The number of hydrogen-bond acceptors (Lipinski definition) is 6. The minimum Gasteiger partial charge on any atom is -0.356 e.